The zero-order valence-electron chi connectivity index (χ0n) is 13.2. The Labute approximate surface area is 128 Å². The van der Waals surface area contributed by atoms with E-state index in [4.69, 9.17) is 0 Å². The van der Waals surface area contributed by atoms with Gasteiger partial charge in [-0.2, -0.15) is 0 Å². The summed E-state index contributed by atoms with van der Waals surface area (Å²) in [4.78, 5) is 2.66. The first kappa shape index (κ1) is 15.0. The van der Waals surface area contributed by atoms with Gasteiger partial charge in [0.15, 0.2) is 0 Å². The van der Waals surface area contributed by atoms with Gasteiger partial charge in [0.05, 0.1) is 0 Å². The van der Waals surface area contributed by atoms with Gasteiger partial charge in [-0.3, -0.25) is 0 Å². The van der Waals surface area contributed by atoms with Crippen molar-refractivity contribution in [3.8, 4) is 0 Å². The van der Waals surface area contributed by atoms with Crippen molar-refractivity contribution >= 4 is 0 Å². The topological polar surface area (TPSA) is 3.24 Å². The number of benzene rings is 1. The molecule has 0 aromatic heterocycles. The molecule has 3 rings (SSSR count). The first-order chi connectivity index (χ1) is 10.3. The minimum Gasteiger partial charge on any atom is -0.302 e. The van der Waals surface area contributed by atoms with Crippen LogP contribution in [0.5, 0.6) is 0 Å². The van der Waals surface area contributed by atoms with Gasteiger partial charge in [0, 0.05) is 19.6 Å². The first-order valence-corrected chi connectivity index (χ1v) is 8.73. The summed E-state index contributed by atoms with van der Waals surface area (Å²) < 4.78 is 12.9. The van der Waals surface area contributed by atoms with E-state index in [1.165, 1.54) is 50.8 Å². The van der Waals surface area contributed by atoms with Gasteiger partial charge in [-0.05, 0) is 48.3 Å². The van der Waals surface area contributed by atoms with Gasteiger partial charge in [-0.15, -0.1) is 0 Å². The molecule has 2 heteroatoms. The fourth-order valence-electron chi connectivity index (χ4n) is 4.53. The number of nitrogens with zero attached hydrogens (tertiary/aromatic N) is 1. The van der Waals surface area contributed by atoms with Crippen LogP contribution in [-0.2, 0) is 6.42 Å². The minimum absolute atomic E-state index is 0.131. The summed E-state index contributed by atoms with van der Waals surface area (Å²) >= 11 is 0. The van der Waals surface area contributed by atoms with Gasteiger partial charge in [0.1, 0.15) is 5.82 Å². The van der Waals surface area contributed by atoms with Crippen molar-refractivity contribution < 1.29 is 4.39 Å². The van der Waals surface area contributed by atoms with Crippen molar-refractivity contribution in [1.29, 1.82) is 0 Å². The van der Waals surface area contributed by atoms with Crippen molar-refractivity contribution in [2.45, 2.75) is 45.4 Å². The standard InChI is InChI=1S/C19H28FN/c1-2-4-16-5-3-6-17-13-21(14-19(16)17)12-11-15-7-9-18(20)10-8-15/h7-10,16-17,19H,2-6,11-14H2,1H3. The monoisotopic (exact) mass is 289 g/mol. The fraction of sp³-hybridized carbons (Fsp3) is 0.684. The number of hydrogen-bond donors (Lipinski definition) is 0. The lowest BCUT2D eigenvalue weighted by Gasteiger charge is -2.32. The highest BCUT2D eigenvalue weighted by Crippen LogP contribution is 2.41. The van der Waals surface area contributed by atoms with Crippen molar-refractivity contribution in [1.82, 2.24) is 4.90 Å². The maximum absolute atomic E-state index is 12.9. The summed E-state index contributed by atoms with van der Waals surface area (Å²) in [5.41, 5.74) is 1.26. The van der Waals surface area contributed by atoms with Crippen LogP contribution in [0.15, 0.2) is 24.3 Å². The van der Waals surface area contributed by atoms with Crippen LogP contribution in [0.1, 0.15) is 44.6 Å². The van der Waals surface area contributed by atoms with Crippen LogP contribution in [0, 0.1) is 23.6 Å². The largest absolute Gasteiger partial charge is 0.302 e. The second-order valence-corrected chi connectivity index (χ2v) is 7.04. The molecule has 116 valence electrons. The van der Waals surface area contributed by atoms with Gasteiger partial charge in [-0.1, -0.05) is 44.7 Å². The number of rotatable bonds is 5. The maximum Gasteiger partial charge on any atom is 0.123 e. The van der Waals surface area contributed by atoms with Crippen LogP contribution < -0.4 is 0 Å². The van der Waals surface area contributed by atoms with Gasteiger partial charge >= 0.3 is 0 Å². The molecule has 0 N–H and O–H groups in total. The average molecular weight is 289 g/mol. The van der Waals surface area contributed by atoms with Crippen LogP contribution in [0.2, 0.25) is 0 Å². The van der Waals surface area contributed by atoms with Gasteiger partial charge in [0.2, 0.25) is 0 Å². The predicted octanol–water partition coefficient (Wildman–Crippen LogP) is 4.52. The molecule has 1 aliphatic heterocycles. The summed E-state index contributed by atoms with van der Waals surface area (Å²) in [6.45, 7) is 6.06. The molecular formula is C19H28FN. The van der Waals surface area contributed by atoms with Crippen molar-refractivity contribution in [2.75, 3.05) is 19.6 Å². The summed E-state index contributed by atoms with van der Waals surface area (Å²) in [6, 6.07) is 7.02. The smallest absolute Gasteiger partial charge is 0.123 e. The number of likely N-dealkylation sites (tertiary alicyclic amines) is 1. The Balaban J connectivity index is 1.52. The normalized spacial score (nSPS) is 29.5. The number of halogens is 1. The van der Waals surface area contributed by atoms with E-state index in [-0.39, 0.29) is 5.82 Å². The SMILES string of the molecule is CCCC1CCCC2CN(CCc3ccc(F)cc3)CC12. The molecule has 1 aliphatic carbocycles. The van der Waals surface area contributed by atoms with Crippen LogP contribution in [-0.4, -0.2) is 24.5 Å². The Bertz CT molecular complexity index is 439. The Hall–Kier alpha value is -0.890. The predicted molar refractivity (Wildman–Crippen MR) is 85.8 cm³/mol. The molecule has 1 aromatic carbocycles. The van der Waals surface area contributed by atoms with E-state index in [9.17, 15) is 4.39 Å². The highest BCUT2D eigenvalue weighted by Gasteiger charge is 2.39. The molecule has 1 heterocycles. The molecule has 0 bridgehead atoms. The Morgan fingerprint density at radius 3 is 2.71 bits per heavy atom. The molecule has 0 radical (unpaired) electrons. The molecule has 1 aromatic rings. The van der Waals surface area contributed by atoms with E-state index in [1.54, 1.807) is 12.1 Å². The molecule has 1 saturated carbocycles. The van der Waals surface area contributed by atoms with Crippen molar-refractivity contribution in [3.05, 3.63) is 35.6 Å². The molecule has 1 saturated heterocycles. The van der Waals surface area contributed by atoms with E-state index in [2.05, 4.69) is 11.8 Å². The van der Waals surface area contributed by atoms with E-state index >= 15 is 0 Å². The lowest BCUT2D eigenvalue weighted by molar-refractivity contribution is 0.186. The molecule has 0 spiro atoms. The third-order valence-electron chi connectivity index (χ3n) is 5.61. The highest BCUT2D eigenvalue weighted by atomic mass is 19.1. The van der Waals surface area contributed by atoms with Crippen LogP contribution in [0.25, 0.3) is 0 Å². The second kappa shape index (κ2) is 6.91. The second-order valence-electron chi connectivity index (χ2n) is 7.04. The molecule has 3 atom stereocenters. The first-order valence-electron chi connectivity index (χ1n) is 8.73. The van der Waals surface area contributed by atoms with E-state index in [1.807, 2.05) is 12.1 Å². The Kier molecular flexibility index (Phi) is 4.95. The summed E-state index contributed by atoms with van der Waals surface area (Å²) in [5, 5.41) is 0. The Morgan fingerprint density at radius 1 is 1.14 bits per heavy atom. The third-order valence-corrected chi connectivity index (χ3v) is 5.61. The molecule has 0 amide bonds. The molecule has 21 heavy (non-hydrogen) atoms. The summed E-state index contributed by atoms with van der Waals surface area (Å²) in [5.74, 6) is 2.74. The van der Waals surface area contributed by atoms with Crippen LogP contribution in [0.4, 0.5) is 4.39 Å². The van der Waals surface area contributed by atoms with Crippen molar-refractivity contribution in [3.63, 3.8) is 0 Å². The lowest BCUT2D eigenvalue weighted by Crippen LogP contribution is -2.27. The molecule has 3 unspecified atom stereocenters. The summed E-state index contributed by atoms with van der Waals surface area (Å²) in [6.07, 6.45) is 8.16. The lowest BCUT2D eigenvalue weighted by atomic mass is 9.72. The van der Waals surface area contributed by atoms with Crippen LogP contribution in [0.3, 0.4) is 0 Å². The molecule has 2 aliphatic rings. The van der Waals surface area contributed by atoms with Gasteiger partial charge in [0.25, 0.3) is 0 Å². The third kappa shape index (κ3) is 3.66. The van der Waals surface area contributed by atoms with Gasteiger partial charge < -0.3 is 4.90 Å². The minimum atomic E-state index is -0.131. The van der Waals surface area contributed by atoms with E-state index in [0.29, 0.717) is 0 Å². The van der Waals surface area contributed by atoms with E-state index in [0.717, 1.165) is 30.7 Å². The number of hydrogen-bond acceptors (Lipinski definition) is 1. The van der Waals surface area contributed by atoms with Gasteiger partial charge in [-0.25, -0.2) is 4.39 Å². The molecule has 2 fully saturated rings. The fourth-order valence-corrected chi connectivity index (χ4v) is 4.53. The number of fused-ring (bicyclic) bond motifs is 1. The molecular weight excluding hydrogens is 261 g/mol. The zero-order chi connectivity index (χ0) is 14.7. The van der Waals surface area contributed by atoms with E-state index < -0.39 is 0 Å². The Morgan fingerprint density at radius 2 is 1.95 bits per heavy atom. The zero-order valence-corrected chi connectivity index (χ0v) is 13.2. The highest BCUT2D eigenvalue weighted by molar-refractivity contribution is 5.16. The summed E-state index contributed by atoms with van der Waals surface area (Å²) in [7, 11) is 0. The van der Waals surface area contributed by atoms with Crippen LogP contribution >= 0.6 is 0 Å². The molecule has 1 nitrogen and oxygen atoms in total. The average Bonchev–Trinajstić information content (AvgIpc) is 2.91. The quantitative estimate of drug-likeness (QED) is 0.770. The maximum atomic E-state index is 12.9. The van der Waals surface area contributed by atoms with Crippen molar-refractivity contribution in [2.24, 2.45) is 17.8 Å².